The van der Waals surface area contributed by atoms with Gasteiger partial charge in [-0.2, -0.15) is 23.5 Å². The highest BCUT2D eigenvalue weighted by Crippen LogP contribution is 2.44. The van der Waals surface area contributed by atoms with Gasteiger partial charge in [0, 0.05) is 36.6 Å². The molecule has 8 nitrogen and oxygen atoms in total. The molecule has 0 radical (unpaired) electrons. The maximum Gasteiger partial charge on any atom is 0.416 e. The topological polar surface area (TPSA) is 103 Å². The molecule has 43 heavy (non-hydrogen) atoms. The van der Waals surface area contributed by atoms with Crippen LogP contribution in [0.4, 0.5) is 23.4 Å². The molecule has 0 bridgehead atoms. The van der Waals surface area contributed by atoms with Gasteiger partial charge >= 0.3 is 6.18 Å². The van der Waals surface area contributed by atoms with Gasteiger partial charge in [-0.3, -0.25) is 14.5 Å². The summed E-state index contributed by atoms with van der Waals surface area (Å²) < 4.78 is 55.8. The number of anilines is 1. The predicted molar refractivity (Wildman–Crippen MR) is 150 cm³/mol. The van der Waals surface area contributed by atoms with Crippen molar-refractivity contribution in [1.82, 2.24) is 20.4 Å². The zero-order valence-corrected chi connectivity index (χ0v) is 22.9. The van der Waals surface area contributed by atoms with Gasteiger partial charge in [0.05, 0.1) is 16.9 Å². The van der Waals surface area contributed by atoms with Gasteiger partial charge in [0.15, 0.2) is 6.19 Å². The normalized spacial score (nSPS) is 16.4. The number of hydrogen-bond acceptors (Lipinski definition) is 5. The van der Waals surface area contributed by atoms with Crippen LogP contribution in [0.15, 0.2) is 78.9 Å². The minimum Gasteiger partial charge on any atom is -0.339 e. The number of aromatic nitrogens is 2. The molecule has 220 valence electrons. The summed E-state index contributed by atoms with van der Waals surface area (Å²) in [5.41, 5.74) is 0.982. The number of carbonyl (C=O) groups excluding carboxylic acids is 2. The SMILES string of the molecule is CCN1C(=O)[C@H](NC(=O)c2cccc(C(F)(F)F)c2)[C@H](c2ccc(F)cc2)c2c(CCNC#N)nn(-c3ccccc3)c21. The van der Waals surface area contributed by atoms with E-state index >= 15 is 0 Å². The molecule has 2 heterocycles. The van der Waals surface area contributed by atoms with Crippen molar-refractivity contribution in [2.45, 2.75) is 31.5 Å². The molecule has 0 unspecified atom stereocenters. The van der Waals surface area contributed by atoms with E-state index in [1.54, 1.807) is 11.6 Å². The van der Waals surface area contributed by atoms with E-state index in [1.807, 2.05) is 36.5 Å². The molecule has 12 heteroatoms. The van der Waals surface area contributed by atoms with E-state index in [0.29, 0.717) is 28.3 Å². The van der Waals surface area contributed by atoms with Crippen molar-refractivity contribution in [2.24, 2.45) is 0 Å². The van der Waals surface area contributed by atoms with Gasteiger partial charge in [-0.25, -0.2) is 9.07 Å². The largest absolute Gasteiger partial charge is 0.416 e. The smallest absolute Gasteiger partial charge is 0.339 e. The van der Waals surface area contributed by atoms with Crippen LogP contribution in [0, 0.1) is 17.3 Å². The first-order valence-corrected chi connectivity index (χ1v) is 13.5. The fourth-order valence-electron chi connectivity index (χ4n) is 5.34. The number of alkyl halides is 3. The minimum atomic E-state index is -4.67. The Bertz CT molecular complexity index is 1680. The van der Waals surface area contributed by atoms with Crippen LogP contribution < -0.4 is 15.5 Å². The lowest BCUT2D eigenvalue weighted by Gasteiger charge is -2.38. The lowest BCUT2D eigenvalue weighted by molar-refractivity contribution is -0.137. The maximum absolute atomic E-state index is 14.2. The van der Waals surface area contributed by atoms with Crippen molar-refractivity contribution >= 4 is 17.6 Å². The van der Waals surface area contributed by atoms with Crippen molar-refractivity contribution < 1.29 is 27.2 Å². The lowest BCUT2D eigenvalue weighted by atomic mass is 9.80. The molecule has 4 aromatic rings. The Kier molecular flexibility index (Phi) is 8.16. The molecule has 1 aliphatic heterocycles. The number of halogens is 4. The molecule has 2 N–H and O–H groups in total. The average molecular weight is 591 g/mol. The van der Waals surface area contributed by atoms with Gasteiger partial charge in [-0.05, 0) is 55.0 Å². The molecule has 0 saturated carbocycles. The summed E-state index contributed by atoms with van der Waals surface area (Å²) in [7, 11) is 0. The van der Waals surface area contributed by atoms with Crippen LogP contribution >= 0.6 is 0 Å². The van der Waals surface area contributed by atoms with E-state index in [0.717, 1.165) is 18.2 Å². The van der Waals surface area contributed by atoms with Crippen LogP contribution in [0.5, 0.6) is 0 Å². The molecule has 5 rings (SSSR count). The van der Waals surface area contributed by atoms with Crippen molar-refractivity contribution in [2.75, 3.05) is 18.0 Å². The van der Waals surface area contributed by atoms with E-state index in [1.165, 1.54) is 35.2 Å². The summed E-state index contributed by atoms with van der Waals surface area (Å²) in [6, 6.07) is 17.2. The summed E-state index contributed by atoms with van der Waals surface area (Å²) in [6.07, 6.45) is -2.52. The predicted octanol–water partition coefficient (Wildman–Crippen LogP) is 4.94. The van der Waals surface area contributed by atoms with Crippen LogP contribution in [0.3, 0.4) is 0 Å². The number of para-hydroxylation sites is 1. The molecule has 0 aliphatic carbocycles. The van der Waals surface area contributed by atoms with Gasteiger partial charge in [-0.1, -0.05) is 36.4 Å². The number of fused-ring (bicyclic) bond motifs is 1. The molecule has 1 aromatic heterocycles. The maximum atomic E-state index is 14.2. The number of rotatable bonds is 8. The van der Waals surface area contributed by atoms with Crippen molar-refractivity contribution in [3.63, 3.8) is 0 Å². The lowest BCUT2D eigenvalue weighted by Crippen LogP contribution is -2.55. The summed E-state index contributed by atoms with van der Waals surface area (Å²) >= 11 is 0. The summed E-state index contributed by atoms with van der Waals surface area (Å²) in [4.78, 5) is 29.1. The fourth-order valence-corrected chi connectivity index (χ4v) is 5.34. The fraction of sp³-hybridized carbons (Fsp3) is 0.226. The number of hydrogen-bond donors (Lipinski definition) is 2. The van der Waals surface area contributed by atoms with E-state index < -0.39 is 41.3 Å². The quantitative estimate of drug-likeness (QED) is 0.131. The summed E-state index contributed by atoms with van der Waals surface area (Å²) in [6.45, 7) is 2.17. The Morgan fingerprint density at radius 3 is 2.42 bits per heavy atom. The molecular formula is C31H26F4N6O2. The number of nitriles is 1. The highest BCUT2D eigenvalue weighted by molar-refractivity contribution is 6.05. The van der Waals surface area contributed by atoms with E-state index in [2.05, 4.69) is 10.6 Å². The second kappa shape index (κ2) is 12.0. The highest BCUT2D eigenvalue weighted by Gasteiger charge is 2.46. The van der Waals surface area contributed by atoms with Crippen LogP contribution in [-0.2, 0) is 17.4 Å². The van der Waals surface area contributed by atoms with Crippen molar-refractivity contribution in [3.8, 4) is 11.9 Å². The zero-order chi connectivity index (χ0) is 30.7. The molecule has 3 aromatic carbocycles. The number of benzene rings is 3. The molecule has 0 fully saturated rings. The van der Waals surface area contributed by atoms with E-state index in [-0.39, 0.29) is 25.1 Å². The Balaban J connectivity index is 1.69. The number of likely N-dealkylation sites (N-methyl/N-ethyl adjacent to an activating group) is 1. The third-order valence-corrected chi connectivity index (χ3v) is 7.26. The first-order chi connectivity index (χ1) is 20.6. The van der Waals surface area contributed by atoms with Crippen LogP contribution in [-0.4, -0.2) is 40.7 Å². The third-order valence-electron chi connectivity index (χ3n) is 7.26. The minimum absolute atomic E-state index is 0.187. The first-order valence-electron chi connectivity index (χ1n) is 13.5. The Morgan fingerprint density at radius 2 is 1.77 bits per heavy atom. The Hall–Kier alpha value is -5.18. The van der Waals surface area contributed by atoms with E-state index in [9.17, 15) is 27.2 Å². The number of carbonyl (C=O) groups is 2. The van der Waals surface area contributed by atoms with Crippen LogP contribution in [0.2, 0.25) is 0 Å². The number of nitrogens with zero attached hydrogens (tertiary/aromatic N) is 4. The number of nitrogens with one attached hydrogen (secondary N) is 2. The molecule has 1 aliphatic rings. The molecule has 0 spiro atoms. The van der Waals surface area contributed by atoms with Crippen LogP contribution in [0.25, 0.3) is 5.69 Å². The van der Waals surface area contributed by atoms with Crippen LogP contribution in [0.1, 0.15) is 45.6 Å². The summed E-state index contributed by atoms with van der Waals surface area (Å²) in [5.74, 6) is -2.33. The third kappa shape index (κ3) is 5.79. The van der Waals surface area contributed by atoms with Gasteiger partial charge in [-0.15, -0.1) is 0 Å². The van der Waals surface area contributed by atoms with Gasteiger partial charge in [0.2, 0.25) is 0 Å². The second-order valence-corrected chi connectivity index (χ2v) is 9.86. The van der Waals surface area contributed by atoms with Gasteiger partial charge in [0.1, 0.15) is 17.7 Å². The monoisotopic (exact) mass is 590 g/mol. The molecule has 0 saturated heterocycles. The Labute approximate surface area is 244 Å². The zero-order valence-electron chi connectivity index (χ0n) is 22.9. The first kappa shape index (κ1) is 29.3. The van der Waals surface area contributed by atoms with Gasteiger partial charge < -0.3 is 10.6 Å². The highest BCUT2D eigenvalue weighted by atomic mass is 19.4. The molecule has 2 atom stereocenters. The van der Waals surface area contributed by atoms with E-state index in [4.69, 9.17) is 10.4 Å². The van der Waals surface area contributed by atoms with Crippen molar-refractivity contribution in [1.29, 1.82) is 5.26 Å². The standard InChI is InChI=1S/C31H26F4N6O2/c1-2-40-29-26(24(15-16-37-18-36)39-41(29)23-9-4-3-5-10-23)25(19-11-13-22(32)14-12-19)27(30(40)43)38-28(42)20-7-6-8-21(17-20)31(33,34)35/h3-14,17,25,27,37H,2,15-16H2,1H3,(H,38,42)/t25-,27-/m1/s1. The second-order valence-electron chi connectivity index (χ2n) is 9.86. The summed E-state index contributed by atoms with van der Waals surface area (Å²) in [5, 5.41) is 19.2. The average Bonchev–Trinajstić information content (AvgIpc) is 3.37. The van der Waals surface area contributed by atoms with Gasteiger partial charge in [0.25, 0.3) is 11.8 Å². The van der Waals surface area contributed by atoms with Crippen molar-refractivity contribution in [3.05, 3.63) is 113 Å². The number of amides is 2. The Morgan fingerprint density at radius 1 is 1.05 bits per heavy atom. The molecule has 2 amide bonds. The molecular weight excluding hydrogens is 564 g/mol.